The van der Waals surface area contributed by atoms with E-state index in [1.54, 1.807) is 12.1 Å². The molecule has 1 aromatic rings. The average Bonchev–Trinajstić information content (AvgIpc) is 2.56. The molecule has 4 nitrogen and oxygen atoms in total. The molecular weight excluding hydrogens is 400 g/mol. The van der Waals surface area contributed by atoms with E-state index in [1.165, 1.54) is 12.1 Å². The van der Waals surface area contributed by atoms with E-state index in [4.69, 9.17) is 19.5 Å². The van der Waals surface area contributed by atoms with Crippen molar-refractivity contribution in [3.8, 4) is 6.07 Å². The first-order valence-electron chi connectivity index (χ1n) is 7.36. The largest absolute Gasteiger partial charge is 0.377 e. The number of rotatable bonds is 2. The molecule has 118 valence electrons. The van der Waals surface area contributed by atoms with Gasteiger partial charge in [0.1, 0.15) is 11.9 Å². The molecule has 0 bridgehead atoms. The highest BCUT2D eigenvalue weighted by Crippen LogP contribution is 2.31. The lowest BCUT2D eigenvalue weighted by molar-refractivity contribution is -0.225. The minimum atomic E-state index is -0.570. The molecule has 2 aliphatic heterocycles. The molecule has 0 aromatic heterocycles. The van der Waals surface area contributed by atoms with Gasteiger partial charge in [-0.1, -0.05) is 28.7 Å². The van der Waals surface area contributed by atoms with Crippen LogP contribution in [0.25, 0.3) is 0 Å². The first-order chi connectivity index (χ1) is 10.7. The van der Waals surface area contributed by atoms with Gasteiger partial charge in [-0.15, -0.1) is 0 Å². The number of hydrogen-bond acceptors (Lipinski definition) is 4. The minimum absolute atomic E-state index is 0.0291. The van der Waals surface area contributed by atoms with Gasteiger partial charge in [0, 0.05) is 15.4 Å². The molecule has 0 N–H and O–H groups in total. The molecule has 2 saturated heterocycles. The van der Waals surface area contributed by atoms with Gasteiger partial charge < -0.3 is 14.2 Å². The molecule has 2 aliphatic rings. The van der Waals surface area contributed by atoms with Crippen molar-refractivity contribution in [3.05, 3.63) is 35.1 Å². The molecule has 0 aliphatic carbocycles. The van der Waals surface area contributed by atoms with Crippen LogP contribution in [0, 0.1) is 23.1 Å². The summed E-state index contributed by atoms with van der Waals surface area (Å²) < 4.78 is 31.6. The van der Waals surface area contributed by atoms with Crippen molar-refractivity contribution in [2.45, 2.75) is 29.2 Å². The van der Waals surface area contributed by atoms with Crippen LogP contribution in [0.4, 0.5) is 4.39 Å². The summed E-state index contributed by atoms with van der Waals surface area (Å²) >= 11 is 2.41. The Bertz CT molecular complexity index is 561. The maximum atomic E-state index is 13.7. The Morgan fingerprint density at radius 2 is 1.91 bits per heavy atom. The molecule has 2 heterocycles. The first-order valence-corrected chi connectivity index (χ1v) is 8.60. The van der Waals surface area contributed by atoms with Gasteiger partial charge in [-0.2, -0.15) is 5.26 Å². The quantitative estimate of drug-likeness (QED) is 0.547. The van der Waals surface area contributed by atoms with Gasteiger partial charge in [-0.05, 0) is 25.0 Å². The summed E-state index contributed by atoms with van der Waals surface area (Å²) in [7, 11) is 0. The average molecular weight is 417 g/mol. The van der Waals surface area contributed by atoms with E-state index in [0.29, 0.717) is 22.7 Å². The van der Waals surface area contributed by atoms with E-state index in [1.807, 2.05) is 0 Å². The second-order valence-corrected chi connectivity index (χ2v) is 7.42. The Kier molecular flexibility index (Phi) is 5.29. The number of benzene rings is 1. The van der Waals surface area contributed by atoms with E-state index in [9.17, 15) is 4.39 Å². The predicted molar refractivity (Wildman–Crippen MR) is 86.0 cm³/mol. The van der Waals surface area contributed by atoms with Gasteiger partial charge in [0.15, 0.2) is 6.29 Å². The molecule has 2 fully saturated rings. The Hall–Kier alpha value is -0.750. The van der Waals surface area contributed by atoms with Gasteiger partial charge in [0.2, 0.25) is 0 Å². The third-order valence-corrected chi connectivity index (χ3v) is 5.07. The van der Waals surface area contributed by atoms with Crippen LogP contribution in [0.1, 0.15) is 30.3 Å². The molecule has 0 radical (unpaired) electrons. The van der Waals surface area contributed by atoms with Crippen molar-refractivity contribution >= 4 is 22.6 Å². The highest BCUT2D eigenvalue weighted by molar-refractivity contribution is 14.1. The summed E-state index contributed by atoms with van der Waals surface area (Å²) in [5.74, 6) is -0.318. The van der Waals surface area contributed by atoms with Crippen molar-refractivity contribution in [1.29, 1.82) is 5.26 Å². The van der Waals surface area contributed by atoms with Crippen molar-refractivity contribution in [1.82, 2.24) is 0 Å². The summed E-state index contributed by atoms with van der Waals surface area (Å²) in [6.45, 7) is 1.87. The fourth-order valence-corrected chi connectivity index (χ4v) is 3.37. The van der Waals surface area contributed by atoms with Crippen LogP contribution in [0.3, 0.4) is 0 Å². The van der Waals surface area contributed by atoms with E-state index in [-0.39, 0.29) is 17.6 Å². The second-order valence-electron chi connectivity index (χ2n) is 5.66. The maximum absolute atomic E-state index is 13.7. The third kappa shape index (κ3) is 3.59. The zero-order valence-corrected chi connectivity index (χ0v) is 14.2. The van der Waals surface area contributed by atoms with Crippen molar-refractivity contribution in [2.75, 3.05) is 19.8 Å². The highest BCUT2D eigenvalue weighted by atomic mass is 127. The van der Waals surface area contributed by atoms with Crippen LogP contribution in [0.15, 0.2) is 18.2 Å². The number of ether oxygens (including phenoxy) is 3. The zero-order valence-electron chi connectivity index (χ0n) is 12.0. The van der Waals surface area contributed by atoms with Crippen LogP contribution in [0.2, 0.25) is 0 Å². The van der Waals surface area contributed by atoms with Crippen LogP contribution < -0.4 is 0 Å². The minimum Gasteiger partial charge on any atom is -0.377 e. The van der Waals surface area contributed by atoms with Gasteiger partial charge in [-0.3, -0.25) is 0 Å². The lowest BCUT2D eigenvalue weighted by atomic mass is 9.96. The number of hydrogen-bond donors (Lipinski definition) is 0. The Morgan fingerprint density at radius 1 is 1.14 bits per heavy atom. The molecule has 2 atom stereocenters. The van der Waals surface area contributed by atoms with Crippen LogP contribution in [-0.2, 0) is 14.2 Å². The lowest BCUT2D eigenvalue weighted by Gasteiger charge is -2.36. The number of nitriles is 1. The number of alkyl halides is 1. The Morgan fingerprint density at radius 3 is 2.50 bits per heavy atom. The number of nitrogens with zero attached hydrogens (tertiary/aromatic N) is 1. The van der Waals surface area contributed by atoms with Crippen LogP contribution in [-0.4, -0.2) is 29.8 Å². The Labute approximate surface area is 142 Å². The fourth-order valence-electron chi connectivity index (χ4n) is 2.81. The van der Waals surface area contributed by atoms with E-state index in [2.05, 4.69) is 22.6 Å². The molecule has 1 aromatic carbocycles. The summed E-state index contributed by atoms with van der Waals surface area (Å²) in [5, 5.41) is 8.75. The van der Waals surface area contributed by atoms with Crippen LogP contribution >= 0.6 is 22.6 Å². The summed E-state index contributed by atoms with van der Waals surface area (Å²) in [6, 6.07) is 6.24. The lowest BCUT2D eigenvalue weighted by Crippen LogP contribution is -2.40. The third-order valence-electron chi connectivity index (χ3n) is 4.09. The van der Waals surface area contributed by atoms with E-state index < -0.39 is 12.1 Å². The maximum Gasteiger partial charge on any atom is 0.183 e. The SMILES string of the molecule is N#Cc1ccc(C2OCC(C3CCC(I)CO3)CO2)cc1F. The summed E-state index contributed by atoms with van der Waals surface area (Å²) in [5.41, 5.74) is 0.633. The van der Waals surface area contributed by atoms with Gasteiger partial charge >= 0.3 is 0 Å². The molecule has 6 heteroatoms. The van der Waals surface area contributed by atoms with Gasteiger partial charge in [0.05, 0.1) is 31.5 Å². The molecule has 2 unspecified atom stereocenters. The zero-order chi connectivity index (χ0) is 15.5. The summed E-state index contributed by atoms with van der Waals surface area (Å²) in [6.07, 6.45) is 1.80. The molecule has 0 amide bonds. The van der Waals surface area contributed by atoms with E-state index in [0.717, 1.165) is 19.4 Å². The van der Waals surface area contributed by atoms with Gasteiger partial charge in [-0.25, -0.2) is 4.39 Å². The normalized spacial score (nSPS) is 32.4. The molecule has 22 heavy (non-hydrogen) atoms. The molecule has 3 rings (SSSR count). The summed E-state index contributed by atoms with van der Waals surface area (Å²) in [4.78, 5) is 0. The first kappa shape index (κ1) is 16.1. The predicted octanol–water partition coefficient (Wildman–Crippen LogP) is 3.34. The topological polar surface area (TPSA) is 51.5 Å². The highest BCUT2D eigenvalue weighted by Gasteiger charge is 2.32. The van der Waals surface area contributed by atoms with Crippen molar-refractivity contribution in [3.63, 3.8) is 0 Å². The molecule has 0 saturated carbocycles. The monoisotopic (exact) mass is 417 g/mol. The van der Waals surface area contributed by atoms with Crippen molar-refractivity contribution in [2.24, 2.45) is 5.92 Å². The number of halogens is 2. The second kappa shape index (κ2) is 7.21. The molecular formula is C16H17FINO3. The fraction of sp³-hybridized carbons (Fsp3) is 0.562. The van der Waals surface area contributed by atoms with E-state index >= 15 is 0 Å². The standard InChI is InChI=1S/C16H17FINO3/c17-14-5-10(1-2-11(14)6-19)16-21-7-12(8-22-16)15-4-3-13(18)9-20-15/h1-2,5,12-13,15-16H,3-4,7-9H2. The van der Waals surface area contributed by atoms with Gasteiger partial charge in [0.25, 0.3) is 0 Å². The molecule has 0 spiro atoms. The van der Waals surface area contributed by atoms with Crippen molar-refractivity contribution < 1.29 is 18.6 Å². The Balaban J connectivity index is 1.57. The smallest absolute Gasteiger partial charge is 0.183 e. The van der Waals surface area contributed by atoms with Crippen LogP contribution in [0.5, 0.6) is 0 Å².